The van der Waals surface area contributed by atoms with Gasteiger partial charge in [-0.1, -0.05) is 12.1 Å². The number of amides is 1. The fourth-order valence-electron chi connectivity index (χ4n) is 5.30. The van der Waals surface area contributed by atoms with Gasteiger partial charge in [0.2, 0.25) is 11.6 Å². The number of aliphatic hydroxyl groups excluding tert-OH is 1. The lowest BCUT2D eigenvalue weighted by molar-refractivity contribution is -0.313. The molecule has 11 heteroatoms. The number of aliphatic hydroxyl groups is 2. The number of phenols is 1. The number of ketones is 3. The molecule has 11 nitrogen and oxygen atoms in total. The molecule has 0 bridgehead atoms. The number of rotatable bonds is 3. The zero-order valence-electron chi connectivity index (χ0n) is 17.9. The van der Waals surface area contributed by atoms with Crippen LogP contribution in [0.15, 0.2) is 40.7 Å². The van der Waals surface area contributed by atoms with Crippen molar-refractivity contribution in [1.82, 2.24) is 4.90 Å². The van der Waals surface area contributed by atoms with Crippen molar-refractivity contribution in [2.24, 2.45) is 11.7 Å². The van der Waals surface area contributed by atoms with Crippen molar-refractivity contribution in [3.05, 3.63) is 51.8 Å². The van der Waals surface area contributed by atoms with E-state index in [9.17, 15) is 39.8 Å². The molecule has 3 aliphatic carbocycles. The Kier molecular flexibility index (Phi) is 4.88. The number of hydrogen-bond donors (Lipinski definition) is 5. The van der Waals surface area contributed by atoms with Gasteiger partial charge in [0.1, 0.15) is 22.7 Å². The van der Waals surface area contributed by atoms with Gasteiger partial charge in [0, 0.05) is 11.5 Å². The molecule has 1 amide bonds. The number of hydrogen-bond acceptors (Lipinski definition) is 10. The number of likely N-dealkylation sites (N-methyl/N-ethyl adjacent to an activating group) is 1. The van der Waals surface area contributed by atoms with E-state index in [1.54, 1.807) is 0 Å². The first-order chi connectivity index (χ1) is 15.3. The van der Waals surface area contributed by atoms with Gasteiger partial charge < -0.3 is 21.1 Å². The van der Waals surface area contributed by atoms with Gasteiger partial charge in [-0.15, -0.1) is 0 Å². The van der Waals surface area contributed by atoms with Crippen LogP contribution in [0, 0.1) is 5.92 Å². The fourth-order valence-corrected chi connectivity index (χ4v) is 5.30. The Hall–Kier alpha value is -3.38. The highest BCUT2D eigenvalue weighted by molar-refractivity contribution is 6.33. The van der Waals surface area contributed by atoms with Crippen molar-refractivity contribution in [1.29, 1.82) is 0 Å². The molecule has 0 saturated carbocycles. The van der Waals surface area contributed by atoms with Crippen LogP contribution in [0.25, 0.3) is 0 Å². The second-order valence-corrected chi connectivity index (χ2v) is 8.77. The van der Waals surface area contributed by atoms with E-state index >= 15 is 0 Å². The Labute approximate surface area is 187 Å². The van der Waals surface area contributed by atoms with Crippen molar-refractivity contribution in [2.45, 2.75) is 30.6 Å². The summed E-state index contributed by atoms with van der Waals surface area (Å²) in [5, 5.41) is 42.4. The lowest BCUT2D eigenvalue weighted by atomic mass is 9.57. The second kappa shape index (κ2) is 7.06. The van der Waals surface area contributed by atoms with E-state index in [0.29, 0.717) is 0 Å². The fraction of sp³-hybridized carbons (Fsp3) is 0.364. The van der Waals surface area contributed by atoms with Crippen molar-refractivity contribution in [2.75, 3.05) is 14.1 Å². The van der Waals surface area contributed by atoms with Crippen molar-refractivity contribution in [3.63, 3.8) is 0 Å². The summed E-state index contributed by atoms with van der Waals surface area (Å²) in [7, 11) is 2.94. The summed E-state index contributed by atoms with van der Waals surface area (Å²) in [5.74, 6) is -7.58. The molecule has 6 N–H and O–H groups in total. The predicted molar refractivity (Wildman–Crippen MR) is 110 cm³/mol. The molecule has 0 unspecified atom stereocenters. The van der Waals surface area contributed by atoms with Crippen LogP contribution in [0.5, 0.6) is 5.75 Å². The molecule has 174 valence electrons. The highest BCUT2D eigenvalue weighted by Crippen LogP contribution is 2.54. The Bertz CT molecular complexity index is 1210. The van der Waals surface area contributed by atoms with Gasteiger partial charge in [-0.25, -0.2) is 4.89 Å². The smallest absolute Gasteiger partial charge is 0.255 e. The van der Waals surface area contributed by atoms with Crippen LogP contribution < -0.4 is 5.73 Å². The first-order valence-corrected chi connectivity index (χ1v) is 9.98. The minimum Gasteiger partial charge on any atom is -0.508 e. The molecule has 4 rings (SSSR count). The zero-order chi connectivity index (χ0) is 24.6. The van der Waals surface area contributed by atoms with E-state index in [0.717, 1.165) is 0 Å². The lowest BCUT2D eigenvalue weighted by Gasteiger charge is -2.50. The van der Waals surface area contributed by atoms with Crippen LogP contribution >= 0.6 is 0 Å². The Morgan fingerprint density at radius 3 is 2.39 bits per heavy atom. The van der Waals surface area contributed by atoms with E-state index < -0.39 is 69.1 Å². The summed E-state index contributed by atoms with van der Waals surface area (Å²) in [6.07, 6.45) is -0.347. The number of benzene rings is 1. The van der Waals surface area contributed by atoms with Gasteiger partial charge in [0.25, 0.3) is 5.91 Å². The first-order valence-electron chi connectivity index (χ1n) is 9.98. The third-order valence-electron chi connectivity index (χ3n) is 6.90. The molecule has 3 aliphatic rings. The van der Waals surface area contributed by atoms with Crippen LogP contribution in [0.4, 0.5) is 0 Å². The number of Topliss-reactive ketones (excluding diaryl/α,β-unsaturated/α-hetero) is 3. The van der Waals surface area contributed by atoms with Gasteiger partial charge in [-0.05, 0) is 39.1 Å². The van der Waals surface area contributed by atoms with Gasteiger partial charge in [-0.3, -0.25) is 29.3 Å². The predicted octanol–water partition coefficient (Wildman–Crippen LogP) is -0.280. The Balaban J connectivity index is 2.06. The maximum Gasteiger partial charge on any atom is 0.255 e. The summed E-state index contributed by atoms with van der Waals surface area (Å²) >= 11 is 0. The first kappa shape index (κ1) is 22.8. The quantitative estimate of drug-likeness (QED) is 0.229. The largest absolute Gasteiger partial charge is 0.508 e. The van der Waals surface area contributed by atoms with Crippen LogP contribution in [-0.2, 0) is 24.9 Å². The molecule has 4 atom stereocenters. The number of carbonyl (C=O) groups excluding carboxylic acids is 4. The molecule has 1 aromatic carbocycles. The minimum absolute atomic E-state index is 0.0391. The number of phenolic OH excluding ortho intramolecular Hbond substituents is 1. The van der Waals surface area contributed by atoms with Crippen molar-refractivity contribution in [3.8, 4) is 5.75 Å². The maximum absolute atomic E-state index is 13.7. The van der Waals surface area contributed by atoms with Crippen LogP contribution in [0.1, 0.15) is 29.3 Å². The molecule has 0 radical (unpaired) electrons. The van der Waals surface area contributed by atoms with Gasteiger partial charge in [-0.2, -0.15) is 0 Å². The van der Waals surface area contributed by atoms with E-state index in [1.165, 1.54) is 44.1 Å². The normalized spacial score (nSPS) is 31.5. The third kappa shape index (κ3) is 2.64. The molecule has 33 heavy (non-hydrogen) atoms. The summed E-state index contributed by atoms with van der Waals surface area (Å²) in [4.78, 5) is 58.1. The SMILES string of the molecule is CN(C)[C@@H]1C(=O)C(C(N)=O)=C(O)[C@@]2(O)C(=O)C3=C(C[C@@H]12)[C@](C)(OO)c1cccc(O)c1C3=O. The molecule has 0 spiro atoms. The van der Waals surface area contributed by atoms with Crippen LogP contribution in [-0.4, -0.2) is 74.5 Å². The van der Waals surface area contributed by atoms with Gasteiger partial charge >= 0.3 is 0 Å². The second-order valence-electron chi connectivity index (χ2n) is 8.77. The summed E-state index contributed by atoms with van der Waals surface area (Å²) in [5.41, 5.74) is -1.21. The van der Waals surface area contributed by atoms with Crippen molar-refractivity contribution >= 4 is 23.3 Å². The molecular weight excluding hydrogens is 436 g/mol. The van der Waals surface area contributed by atoms with Crippen LogP contribution in [0.2, 0.25) is 0 Å². The number of primary amides is 1. The highest BCUT2D eigenvalue weighted by atomic mass is 17.1. The summed E-state index contributed by atoms with van der Waals surface area (Å²) in [6.45, 7) is 1.37. The van der Waals surface area contributed by atoms with E-state index in [4.69, 9.17) is 10.6 Å². The average molecular weight is 458 g/mol. The van der Waals surface area contributed by atoms with Gasteiger partial charge in [0.05, 0.1) is 17.2 Å². The molecule has 0 saturated heterocycles. The Morgan fingerprint density at radius 2 is 1.85 bits per heavy atom. The highest BCUT2D eigenvalue weighted by Gasteiger charge is 2.65. The van der Waals surface area contributed by atoms with E-state index in [-0.39, 0.29) is 23.1 Å². The number of nitrogens with zero attached hydrogens (tertiary/aromatic N) is 1. The van der Waals surface area contributed by atoms with Gasteiger partial charge in [0.15, 0.2) is 11.4 Å². The zero-order valence-corrected chi connectivity index (χ0v) is 17.9. The number of fused-ring (bicyclic) bond motifs is 2. The monoisotopic (exact) mass is 458 g/mol. The molecule has 1 aromatic rings. The number of aromatic hydroxyl groups is 1. The topological polar surface area (TPSA) is 188 Å². The minimum atomic E-state index is -2.83. The lowest BCUT2D eigenvalue weighted by Crippen LogP contribution is -2.65. The molecular formula is C22H22N2O9. The maximum atomic E-state index is 13.7. The number of carbonyl (C=O) groups is 4. The number of nitrogens with two attached hydrogens (primary N) is 1. The Morgan fingerprint density at radius 1 is 1.21 bits per heavy atom. The van der Waals surface area contributed by atoms with E-state index in [2.05, 4.69) is 0 Å². The van der Waals surface area contributed by atoms with Crippen molar-refractivity contribution < 1.29 is 44.6 Å². The standard InChI is InChI=1S/C22H22N2O9/c1-21(33-32)8-5-4-6-11(25)12(8)16(26)13-9(21)7-10-15(24(2)3)17(27)14(20(23)30)19(29)22(10,31)18(13)28/h4-6,10,15,25,29,31-32H,7H2,1-3H3,(H2,23,30)/t10-,15-,21+,22-/m0/s1. The molecule has 0 heterocycles. The molecule has 0 fully saturated rings. The summed E-state index contributed by atoms with van der Waals surface area (Å²) in [6, 6.07) is 2.77. The summed E-state index contributed by atoms with van der Waals surface area (Å²) < 4.78 is 0. The average Bonchev–Trinajstić information content (AvgIpc) is 2.73. The van der Waals surface area contributed by atoms with Crippen LogP contribution in [0.3, 0.4) is 0 Å². The van der Waals surface area contributed by atoms with E-state index in [1.807, 2.05) is 0 Å². The molecule has 0 aliphatic heterocycles. The third-order valence-corrected chi connectivity index (χ3v) is 6.90. The molecule has 0 aromatic heterocycles.